The number of carbonyl (C=O) groups excluding carboxylic acids is 2. The number of nitrogens with one attached hydrogen (secondary N) is 2. The van der Waals surface area contributed by atoms with Crippen molar-refractivity contribution in [3.05, 3.63) is 228 Å². The average molecular weight is 1320 g/mol. The molecule has 2 spiro atoms. The van der Waals surface area contributed by atoms with Gasteiger partial charge < -0.3 is 24.8 Å². The molecule has 514 valence electrons. The van der Waals surface area contributed by atoms with E-state index in [-0.39, 0.29) is 34.2 Å². The Labute approximate surface area is 575 Å². The van der Waals surface area contributed by atoms with Gasteiger partial charge in [-0.15, -0.1) is 0 Å². The molecule has 0 radical (unpaired) electrons. The van der Waals surface area contributed by atoms with Crippen molar-refractivity contribution < 1.29 is 37.0 Å². The zero-order valence-electron chi connectivity index (χ0n) is 57.9. The third-order valence-corrected chi connectivity index (χ3v) is 22.5. The average Bonchev–Trinajstić information content (AvgIpc) is 1.74. The van der Waals surface area contributed by atoms with Gasteiger partial charge in [0.25, 0.3) is 0 Å². The van der Waals surface area contributed by atoms with Crippen molar-refractivity contribution in [3.8, 4) is 0 Å². The van der Waals surface area contributed by atoms with Crippen LogP contribution in [0.1, 0.15) is 268 Å². The van der Waals surface area contributed by atoms with Crippen molar-refractivity contribution in [2.75, 3.05) is 13.2 Å². The van der Waals surface area contributed by atoms with E-state index < -0.39 is 23.7 Å². The Morgan fingerprint density at radius 2 is 0.856 bits per heavy atom. The molecular weight excluding hydrogens is 1210 g/mol. The lowest BCUT2D eigenvalue weighted by Gasteiger charge is -2.46. The van der Waals surface area contributed by atoms with Gasteiger partial charge in [0.2, 0.25) is 0 Å². The Bertz CT molecular complexity index is 3560. The summed E-state index contributed by atoms with van der Waals surface area (Å²) in [5, 5.41) is 4.98. The number of ether oxygens (including phenoxy) is 3. The first kappa shape index (κ1) is 70.9. The van der Waals surface area contributed by atoms with Crippen LogP contribution >= 0.6 is 0 Å². The first-order valence-electron chi connectivity index (χ1n) is 36.2. The molecule has 14 rings (SSSR count). The highest BCUT2D eigenvalue weighted by atomic mass is 19.4. The van der Waals surface area contributed by atoms with Crippen LogP contribution in [0.25, 0.3) is 22.3 Å². The van der Waals surface area contributed by atoms with Crippen LogP contribution < -0.4 is 10.6 Å². The fourth-order valence-corrected chi connectivity index (χ4v) is 17.6. The lowest BCUT2D eigenvalue weighted by Crippen LogP contribution is -2.46. The van der Waals surface area contributed by atoms with Crippen LogP contribution in [-0.2, 0) is 29.8 Å². The second kappa shape index (κ2) is 31.2. The molecular formula is C85H103F3N4O5. The Balaban J connectivity index is 0.000000135. The molecule has 2 saturated heterocycles. The number of fused-ring (bicyclic) bond motifs is 4. The highest BCUT2D eigenvalue weighted by molar-refractivity contribution is 5.83. The van der Waals surface area contributed by atoms with E-state index in [0.717, 1.165) is 92.4 Å². The molecule has 8 aliphatic rings. The minimum Gasteiger partial charge on any atom is -0.444 e. The second-order valence-corrected chi connectivity index (χ2v) is 30.1. The van der Waals surface area contributed by atoms with Gasteiger partial charge in [0.15, 0.2) is 0 Å². The number of pyridine rings is 2. The minimum absolute atomic E-state index is 0.0107. The molecule has 6 aliphatic carbocycles. The number of rotatable bonds is 12. The maximum atomic E-state index is 12.2. The predicted molar refractivity (Wildman–Crippen MR) is 386 cm³/mol. The number of nitrogens with zero attached hydrogens (tertiary/aromatic N) is 2. The molecule has 2 amide bonds. The molecule has 0 bridgehead atoms. The maximum Gasteiger partial charge on any atom is 0.471 e. The van der Waals surface area contributed by atoms with E-state index in [0.29, 0.717) is 30.2 Å². The van der Waals surface area contributed by atoms with E-state index in [9.17, 15) is 22.8 Å². The monoisotopic (exact) mass is 1320 g/mol. The van der Waals surface area contributed by atoms with Gasteiger partial charge >= 0.3 is 18.2 Å². The number of allylic oxidation sites excluding steroid dienone is 4. The van der Waals surface area contributed by atoms with Gasteiger partial charge in [-0.3, -0.25) is 14.8 Å². The van der Waals surface area contributed by atoms with Gasteiger partial charge in [-0.25, -0.2) is 4.79 Å². The summed E-state index contributed by atoms with van der Waals surface area (Å²) in [5.74, 6) is -0.546. The molecule has 97 heavy (non-hydrogen) atoms. The molecule has 2 aromatic heterocycles. The number of benzene rings is 4. The van der Waals surface area contributed by atoms with Crippen LogP contribution in [0.3, 0.4) is 0 Å². The lowest BCUT2D eigenvalue weighted by atomic mass is 9.66. The molecule has 4 aromatic carbocycles. The van der Waals surface area contributed by atoms with Gasteiger partial charge in [0.05, 0.1) is 23.3 Å². The molecule has 4 fully saturated rings. The first-order chi connectivity index (χ1) is 46.7. The third kappa shape index (κ3) is 17.4. The van der Waals surface area contributed by atoms with Crippen LogP contribution in [0.5, 0.6) is 0 Å². The molecule has 6 aromatic rings. The minimum atomic E-state index is -4.84. The van der Waals surface area contributed by atoms with Crippen molar-refractivity contribution in [1.29, 1.82) is 0 Å². The maximum absolute atomic E-state index is 12.2. The highest BCUT2D eigenvalue weighted by Gasteiger charge is 2.50. The SMILES string of the molecule is C=C1CC[C@H](CCC[C@@]2(c3ccccn3)CCOC3(CCCC3)C2)c2ccccc21.C=C1CC[C@H](CCC[C@@]2(c3ccccn3)CCOC3(CCCC3)C2)c2ccccc21.C=C1CC[C@H](NC(=O)C(F)(F)F)c2ccccc21.C=C1CC[C@H](NC(=O)OC(C)(C)C)c2ccccc21. The van der Waals surface area contributed by atoms with Gasteiger partial charge in [-0.1, -0.05) is 174 Å². The molecule has 2 saturated carbocycles. The Morgan fingerprint density at radius 1 is 0.495 bits per heavy atom. The van der Waals surface area contributed by atoms with Crippen molar-refractivity contribution in [2.45, 2.75) is 245 Å². The fraction of sp³-hybridized carbons (Fsp3) is 0.482. The zero-order chi connectivity index (χ0) is 68.3. The third-order valence-electron chi connectivity index (χ3n) is 22.5. The second-order valence-electron chi connectivity index (χ2n) is 30.1. The topological polar surface area (TPSA) is 112 Å². The number of alkyl halides is 3. The standard InChI is InChI=1S/2C28H35NO.C16H21NO2.C13H12F3NO/c2*1-22-13-14-23(25-11-3-2-10-24(22)25)9-8-15-27(26-12-4-7-19-29-26)18-20-30-28(21-27)16-5-6-17-28;1-11-9-10-14(13-8-6-5-7-12(11)13)17-15(18)19-16(2,3)4;1-8-6-7-11(17-12(18)13(14,15)16)10-5-3-2-4-9(8)10/h2*2-4,7,10-12,19,23H,1,5-6,8-9,13-18,20-21H2;5-8,14H,1,9-10H2,2-4H3,(H,17,18);2-5,11H,1,6-7H2,(H,17,18)/t2*23-,27+;14-;11-/m0000/s1. The van der Waals surface area contributed by atoms with Crippen LogP contribution in [0.4, 0.5) is 18.0 Å². The summed E-state index contributed by atoms with van der Waals surface area (Å²) in [5.41, 5.74) is 17.1. The number of hydrogen-bond acceptors (Lipinski definition) is 7. The van der Waals surface area contributed by atoms with Crippen molar-refractivity contribution >= 4 is 34.3 Å². The molecule has 6 atom stereocenters. The predicted octanol–water partition coefficient (Wildman–Crippen LogP) is 21.7. The fourth-order valence-electron chi connectivity index (χ4n) is 17.6. The summed E-state index contributed by atoms with van der Waals surface area (Å²) in [6.07, 6.45) is 28.6. The van der Waals surface area contributed by atoms with Crippen molar-refractivity contribution in [2.24, 2.45) is 0 Å². The molecule has 0 unspecified atom stereocenters. The van der Waals surface area contributed by atoms with Crippen LogP contribution in [0.15, 0.2) is 172 Å². The summed E-state index contributed by atoms with van der Waals surface area (Å²) in [7, 11) is 0. The van der Waals surface area contributed by atoms with Gasteiger partial charge in [0, 0.05) is 47.8 Å². The van der Waals surface area contributed by atoms with Crippen LogP contribution in [-0.4, -0.2) is 58.2 Å². The molecule has 2 N–H and O–H groups in total. The number of alkyl carbamates (subject to hydrolysis) is 1. The van der Waals surface area contributed by atoms with E-state index in [1.54, 1.807) is 18.2 Å². The van der Waals surface area contributed by atoms with Crippen LogP contribution in [0.2, 0.25) is 0 Å². The molecule has 2 aliphatic heterocycles. The van der Waals surface area contributed by atoms with Gasteiger partial charge in [-0.2, -0.15) is 13.2 Å². The smallest absolute Gasteiger partial charge is 0.444 e. The van der Waals surface area contributed by atoms with Crippen molar-refractivity contribution in [1.82, 2.24) is 20.6 Å². The lowest BCUT2D eigenvalue weighted by molar-refractivity contribution is -0.174. The molecule has 4 heterocycles. The van der Waals surface area contributed by atoms with Gasteiger partial charge in [0.1, 0.15) is 5.60 Å². The summed E-state index contributed by atoms with van der Waals surface area (Å²) in [6, 6.07) is 45.5. The Morgan fingerprint density at radius 3 is 1.24 bits per heavy atom. The van der Waals surface area contributed by atoms with E-state index in [1.807, 2.05) is 74.9 Å². The van der Waals surface area contributed by atoms with Crippen LogP contribution in [0, 0.1) is 0 Å². The largest absolute Gasteiger partial charge is 0.471 e. The molecule has 12 heteroatoms. The Kier molecular flexibility index (Phi) is 22.8. The molecule has 9 nitrogen and oxygen atoms in total. The normalized spacial score (nSPS) is 24.5. The summed E-state index contributed by atoms with van der Waals surface area (Å²) < 4.78 is 54.8. The highest BCUT2D eigenvalue weighted by Crippen LogP contribution is 2.53. The zero-order valence-corrected chi connectivity index (χ0v) is 57.9. The van der Waals surface area contributed by atoms with E-state index in [4.69, 9.17) is 24.2 Å². The number of carbonyl (C=O) groups is 2. The van der Waals surface area contributed by atoms with E-state index in [2.05, 4.69) is 110 Å². The summed E-state index contributed by atoms with van der Waals surface area (Å²) in [6.45, 7) is 24.0. The van der Waals surface area contributed by atoms with E-state index in [1.165, 1.54) is 148 Å². The summed E-state index contributed by atoms with van der Waals surface area (Å²) in [4.78, 5) is 32.6. The van der Waals surface area contributed by atoms with E-state index >= 15 is 0 Å². The summed E-state index contributed by atoms with van der Waals surface area (Å²) >= 11 is 0. The number of aromatic nitrogens is 2. The quantitative estimate of drug-likeness (QED) is 0.126. The number of halogens is 3. The Hall–Kier alpha value is -7.41. The number of hydrogen-bond donors (Lipinski definition) is 2. The van der Waals surface area contributed by atoms with Crippen molar-refractivity contribution in [3.63, 3.8) is 0 Å². The number of amides is 2. The van der Waals surface area contributed by atoms with Gasteiger partial charge in [-0.05, 0) is 252 Å². The first-order valence-corrected chi connectivity index (χ1v) is 36.2.